The number of carbonyl (C=O) groups is 2. The molecule has 2 N–H and O–H groups in total. The first kappa shape index (κ1) is 21.9. The van der Waals surface area contributed by atoms with Crippen LogP contribution >= 0.6 is 0 Å². The fourth-order valence-electron chi connectivity index (χ4n) is 4.73. The number of carbonyl (C=O) groups excluding carboxylic acids is 2. The molecule has 1 aromatic heterocycles. The van der Waals surface area contributed by atoms with E-state index >= 15 is 0 Å². The molecule has 34 heavy (non-hydrogen) atoms. The second kappa shape index (κ2) is 9.17. The molecule has 176 valence electrons. The summed E-state index contributed by atoms with van der Waals surface area (Å²) in [6.45, 7) is 1.74. The quantitative estimate of drug-likeness (QED) is 0.619. The third-order valence-electron chi connectivity index (χ3n) is 6.39. The first-order valence-electron chi connectivity index (χ1n) is 11.6. The van der Waals surface area contributed by atoms with Crippen molar-refractivity contribution in [3.8, 4) is 5.75 Å². The molecule has 1 atom stereocenters. The van der Waals surface area contributed by atoms with Gasteiger partial charge in [-0.25, -0.2) is 4.98 Å². The first-order chi connectivity index (χ1) is 16.5. The second-order valence-electron chi connectivity index (χ2n) is 8.74. The lowest BCUT2D eigenvalue weighted by Gasteiger charge is -2.38. The van der Waals surface area contributed by atoms with Crippen LogP contribution in [0.5, 0.6) is 5.75 Å². The summed E-state index contributed by atoms with van der Waals surface area (Å²) in [6, 6.07) is 14.5. The summed E-state index contributed by atoms with van der Waals surface area (Å²) in [4.78, 5) is 46.7. The minimum Gasteiger partial charge on any atom is -0.477 e. The molecular formula is C25H27N5O4. The number of aromatic nitrogens is 2. The van der Waals surface area contributed by atoms with Crippen molar-refractivity contribution in [3.05, 3.63) is 64.7 Å². The van der Waals surface area contributed by atoms with Gasteiger partial charge in [0.2, 0.25) is 5.91 Å². The SMILES string of the molecule is NC(=O)Cn1c(CN2C[C@@H](C(=O)N3CCCCC3)Oc3ccccc32)nc2ccccc2c1=O. The topological polar surface area (TPSA) is 111 Å². The van der Waals surface area contributed by atoms with Gasteiger partial charge in [-0.15, -0.1) is 0 Å². The number of nitrogens with two attached hydrogens (primary N) is 1. The highest BCUT2D eigenvalue weighted by molar-refractivity contribution is 5.83. The number of piperidine rings is 1. The van der Waals surface area contributed by atoms with Gasteiger partial charge < -0.3 is 20.3 Å². The molecule has 9 heteroatoms. The van der Waals surface area contributed by atoms with E-state index < -0.39 is 12.0 Å². The van der Waals surface area contributed by atoms with Crippen LogP contribution in [0.4, 0.5) is 5.69 Å². The van der Waals surface area contributed by atoms with E-state index in [1.807, 2.05) is 40.1 Å². The van der Waals surface area contributed by atoms with Crippen LogP contribution in [-0.2, 0) is 22.7 Å². The molecule has 0 unspecified atom stereocenters. The maximum Gasteiger partial charge on any atom is 0.265 e. The molecule has 9 nitrogen and oxygen atoms in total. The molecular weight excluding hydrogens is 434 g/mol. The van der Waals surface area contributed by atoms with Gasteiger partial charge in [-0.3, -0.25) is 19.0 Å². The Morgan fingerprint density at radius 3 is 2.56 bits per heavy atom. The number of amides is 2. The van der Waals surface area contributed by atoms with Crippen LogP contribution in [-0.4, -0.2) is 52.0 Å². The molecule has 2 aliphatic heterocycles. The number of nitrogens with zero attached hydrogens (tertiary/aromatic N) is 4. The van der Waals surface area contributed by atoms with E-state index in [4.69, 9.17) is 15.5 Å². The summed E-state index contributed by atoms with van der Waals surface area (Å²) in [7, 11) is 0. The van der Waals surface area contributed by atoms with E-state index in [0.717, 1.165) is 38.0 Å². The minimum absolute atomic E-state index is 0.0276. The predicted octanol–water partition coefficient (Wildman–Crippen LogP) is 1.66. The van der Waals surface area contributed by atoms with Gasteiger partial charge in [-0.05, 0) is 43.5 Å². The molecule has 3 aromatic rings. The number of primary amides is 1. The molecule has 1 saturated heterocycles. The number of ether oxygens (including phenoxy) is 1. The summed E-state index contributed by atoms with van der Waals surface area (Å²) in [5.41, 5.74) is 6.48. The van der Waals surface area contributed by atoms with Gasteiger partial charge in [-0.1, -0.05) is 24.3 Å². The van der Waals surface area contributed by atoms with Crippen LogP contribution in [0.25, 0.3) is 10.9 Å². The number of rotatable bonds is 5. The molecule has 3 heterocycles. The Balaban J connectivity index is 1.52. The largest absolute Gasteiger partial charge is 0.477 e. The van der Waals surface area contributed by atoms with Gasteiger partial charge in [0.1, 0.15) is 18.1 Å². The first-order valence-corrected chi connectivity index (χ1v) is 11.6. The number of hydrogen-bond donors (Lipinski definition) is 1. The van der Waals surface area contributed by atoms with Gasteiger partial charge in [0.25, 0.3) is 11.5 Å². The molecule has 0 aliphatic carbocycles. The zero-order chi connectivity index (χ0) is 23.7. The summed E-state index contributed by atoms with van der Waals surface area (Å²) < 4.78 is 7.43. The molecule has 5 rings (SSSR count). The van der Waals surface area contributed by atoms with Crippen LogP contribution in [0.2, 0.25) is 0 Å². The Kier molecular flexibility index (Phi) is 5.91. The van der Waals surface area contributed by atoms with Gasteiger partial charge >= 0.3 is 0 Å². The second-order valence-corrected chi connectivity index (χ2v) is 8.74. The Labute approximate surface area is 196 Å². The molecule has 2 amide bonds. The van der Waals surface area contributed by atoms with Crippen LogP contribution in [0.15, 0.2) is 53.3 Å². The van der Waals surface area contributed by atoms with Crippen molar-refractivity contribution in [2.75, 3.05) is 24.5 Å². The highest BCUT2D eigenvalue weighted by Crippen LogP contribution is 2.34. The van der Waals surface area contributed by atoms with Crippen molar-refractivity contribution < 1.29 is 14.3 Å². The summed E-state index contributed by atoms with van der Waals surface area (Å²) in [5.74, 6) is 0.359. The number of hydrogen-bond acceptors (Lipinski definition) is 6. The number of para-hydroxylation sites is 3. The predicted molar refractivity (Wildman–Crippen MR) is 128 cm³/mol. The highest BCUT2D eigenvalue weighted by Gasteiger charge is 2.34. The van der Waals surface area contributed by atoms with Crippen LogP contribution in [0.3, 0.4) is 0 Å². The zero-order valence-electron chi connectivity index (χ0n) is 18.9. The van der Waals surface area contributed by atoms with E-state index in [2.05, 4.69) is 0 Å². The Morgan fingerprint density at radius 2 is 1.76 bits per heavy atom. The lowest BCUT2D eigenvalue weighted by atomic mass is 10.1. The fourth-order valence-corrected chi connectivity index (χ4v) is 4.73. The van der Waals surface area contributed by atoms with Gasteiger partial charge in [0, 0.05) is 13.1 Å². The Bertz CT molecular complexity index is 1300. The smallest absolute Gasteiger partial charge is 0.265 e. The van der Waals surface area contributed by atoms with Gasteiger partial charge in [0.15, 0.2) is 6.10 Å². The Morgan fingerprint density at radius 1 is 1.03 bits per heavy atom. The highest BCUT2D eigenvalue weighted by atomic mass is 16.5. The molecule has 0 saturated carbocycles. The van der Waals surface area contributed by atoms with Crippen LogP contribution in [0, 0.1) is 0 Å². The van der Waals surface area contributed by atoms with E-state index in [-0.39, 0.29) is 24.6 Å². The maximum atomic E-state index is 13.2. The van der Waals surface area contributed by atoms with Crippen molar-refractivity contribution in [1.29, 1.82) is 0 Å². The third-order valence-corrected chi connectivity index (χ3v) is 6.39. The lowest BCUT2D eigenvalue weighted by molar-refractivity contribution is -0.139. The normalized spacial score (nSPS) is 17.8. The zero-order valence-corrected chi connectivity index (χ0v) is 18.9. The summed E-state index contributed by atoms with van der Waals surface area (Å²) in [6.07, 6.45) is 2.47. The van der Waals surface area contributed by atoms with E-state index in [1.165, 1.54) is 4.57 Å². The van der Waals surface area contributed by atoms with E-state index in [1.54, 1.807) is 18.2 Å². The molecule has 1 fully saturated rings. The number of fused-ring (bicyclic) bond motifs is 2. The van der Waals surface area contributed by atoms with Crippen LogP contribution in [0.1, 0.15) is 25.1 Å². The van der Waals surface area contributed by atoms with Gasteiger partial charge in [0.05, 0.1) is 29.7 Å². The van der Waals surface area contributed by atoms with Crippen molar-refractivity contribution in [3.63, 3.8) is 0 Å². The van der Waals surface area contributed by atoms with Crippen molar-refractivity contribution in [2.45, 2.75) is 38.5 Å². The summed E-state index contributed by atoms with van der Waals surface area (Å²) in [5, 5.41) is 0.424. The lowest BCUT2D eigenvalue weighted by Crippen LogP contribution is -2.51. The number of anilines is 1. The fraction of sp³-hybridized carbons (Fsp3) is 0.360. The molecule has 0 spiro atoms. The molecule has 0 bridgehead atoms. The molecule has 0 radical (unpaired) electrons. The number of benzene rings is 2. The third kappa shape index (κ3) is 4.21. The van der Waals surface area contributed by atoms with Crippen molar-refractivity contribution in [2.24, 2.45) is 5.73 Å². The monoisotopic (exact) mass is 461 g/mol. The average Bonchev–Trinajstić information content (AvgIpc) is 2.86. The minimum atomic E-state index is -0.662. The maximum absolute atomic E-state index is 13.2. The van der Waals surface area contributed by atoms with Crippen molar-refractivity contribution in [1.82, 2.24) is 14.5 Å². The van der Waals surface area contributed by atoms with Gasteiger partial charge in [-0.2, -0.15) is 0 Å². The number of likely N-dealkylation sites (tertiary alicyclic amines) is 1. The van der Waals surface area contributed by atoms with E-state index in [9.17, 15) is 14.4 Å². The van der Waals surface area contributed by atoms with Crippen LogP contribution < -0.4 is 20.9 Å². The standard InChI is InChI=1S/C25H27N5O4/c26-22(31)15-30-23(27-18-9-3-2-8-17(18)24(30)32)16-29-14-21(25(33)28-12-6-1-7-13-28)34-20-11-5-4-10-19(20)29/h2-5,8-11,21H,1,6-7,12-16H2,(H2,26,31)/t21-/m0/s1. The molecule has 2 aliphatic rings. The molecule has 2 aromatic carbocycles. The van der Waals surface area contributed by atoms with E-state index in [0.29, 0.717) is 29.0 Å². The Hall–Kier alpha value is -3.88. The van der Waals surface area contributed by atoms with Crippen molar-refractivity contribution >= 4 is 28.4 Å². The average molecular weight is 462 g/mol. The summed E-state index contributed by atoms with van der Waals surface area (Å²) >= 11 is 0.